The number of imidazole rings is 1. The first-order valence-electron chi connectivity index (χ1n) is 4.56. The van der Waals surface area contributed by atoms with Crippen LogP contribution in [0.2, 0.25) is 0 Å². The number of hydrogen-bond donors (Lipinski definition) is 4. The van der Waals surface area contributed by atoms with Crippen molar-refractivity contribution in [3.8, 4) is 0 Å². The summed E-state index contributed by atoms with van der Waals surface area (Å²) in [6.07, 6.45) is 0. The number of nitrogen functional groups attached to an aromatic ring is 1. The van der Waals surface area contributed by atoms with E-state index >= 15 is 0 Å². The van der Waals surface area contributed by atoms with Crippen LogP contribution >= 0.6 is 0 Å². The average molecular weight is 225 g/mol. The zero-order valence-electron chi connectivity index (χ0n) is 8.74. The number of carboxylic acid groups (broad SMARTS) is 1. The van der Waals surface area contributed by atoms with Gasteiger partial charge in [0.15, 0.2) is 11.5 Å². The Morgan fingerprint density at radius 1 is 1.31 bits per heavy atom. The Kier molecular flexibility index (Phi) is 3.24. The second-order valence-corrected chi connectivity index (χ2v) is 2.54. The van der Waals surface area contributed by atoms with Gasteiger partial charge in [0.05, 0.1) is 0 Å². The molecule has 0 radical (unpaired) electrons. The molecule has 16 heavy (non-hydrogen) atoms. The maximum Gasteiger partial charge on any atom is 0.374 e. The van der Waals surface area contributed by atoms with Crippen molar-refractivity contribution >= 4 is 23.0 Å². The van der Waals surface area contributed by atoms with E-state index in [4.69, 9.17) is 10.8 Å². The zero-order chi connectivity index (χ0) is 12.3. The largest absolute Gasteiger partial charge is 0.475 e. The topological polar surface area (TPSA) is 138 Å². The predicted molar refractivity (Wildman–Crippen MR) is 57.2 cm³/mol. The van der Waals surface area contributed by atoms with Crippen molar-refractivity contribution in [2.45, 2.75) is 13.8 Å². The zero-order valence-corrected chi connectivity index (χ0v) is 8.74. The molecular weight excluding hydrogens is 214 g/mol. The smallest absolute Gasteiger partial charge is 0.374 e. The summed E-state index contributed by atoms with van der Waals surface area (Å²) in [5, 5.41) is 8.59. The molecule has 0 saturated carbocycles. The maximum atomic E-state index is 10.8. The third kappa shape index (κ3) is 2.00. The SMILES string of the molecule is CC.Nc1nc(C(=O)O)nc2[nH]c(=O)[nH]c12. The molecule has 0 aromatic carbocycles. The molecule has 0 aliphatic rings. The number of nitrogens with one attached hydrogen (secondary N) is 2. The molecule has 0 bridgehead atoms. The van der Waals surface area contributed by atoms with E-state index in [9.17, 15) is 9.59 Å². The van der Waals surface area contributed by atoms with Gasteiger partial charge in [0, 0.05) is 0 Å². The van der Waals surface area contributed by atoms with Gasteiger partial charge in [0.2, 0.25) is 5.82 Å². The highest BCUT2D eigenvalue weighted by atomic mass is 16.4. The standard InChI is InChI=1S/C6H5N5O3.C2H6/c7-2-1-3(11-6(14)8-1)10-4(9-2)5(12)13;1-2/h(H,12,13)(H4,7,8,9,10,11,14);1-2H3. The first-order valence-corrected chi connectivity index (χ1v) is 4.56. The summed E-state index contributed by atoms with van der Waals surface area (Å²) < 4.78 is 0. The normalized spacial score (nSPS) is 9.62. The maximum absolute atomic E-state index is 10.8. The van der Waals surface area contributed by atoms with Crippen LogP contribution in [0.1, 0.15) is 24.5 Å². The molecule has 2 aromatic heterocycles. The molecule has 0 unspecified atom stereocenters. The number of carboxylic acids is 1. The molecular formula is C8H11N5O3. The lowest BCUT2D eigenvalue weighted by molar-refractivity contribution is 0.0684. The van der Waals surface area contributed by atoms with E-state index < -0.39 is 17.5 Å². The fraction of sp³-hybridized carbons (Fsp3) is 0.250. The molecule has 0 spiro atoms. The minimum absolute atomic E-state index is 0.0780. The van der Waals surface area contributed by atoms with E-state index in [0.717, 1.165) is 0 Å². The van der Waals surface area contributed by atoms with E-state index in [-0.39, 0.29) is 17.0 Å². The van der Waals surface area contributed by atoms with Gasteiger partial charge in [-0.25, -0.2) is 19.6 Å². The van der Waals surface area contributed by atoms with Crippen molar-refractivity contribution in [1.82, 2.24) is 19.9 Å². The summed E-state index contributed by atoms with van der Waals surface area (Å²) in [7, 11) is 0. The Morgan fingerprint density at radius 2 is 1.94 bits per heavy atom. The van der Waals surface area contributed by atoms with E-state index in [1.807, 2.05) is 13.8 Å². The van der Waals surface area contributed by atoms with Gasteiger partial charge in [-0.15, -0.1) is 0 Å². The van der Waals surface area contributed by atoms with Crippen LogP contribution in [0, 0.1) is 0 Å². The lowest BCUT2D eigenvalue weighted by Gasteiger charge is -1.95. The fourth-order valence-electron chi connectivity index (χ4n) is 1.04. The van der Waals surface area contributed by atoms with Crippen LogP contribution in [-0.2, 0) is 0 Å². The molecule has 8 nitrogen and oxygen atoms in total. The second kappa shape index (κ2) is 4.43. The number of aromatic nitrogens is 4. The Labute approximate surface area is 89.5 Å². The first-order chi connectivity index (χ1) is 7.58. The van der Waals surface area contributed by atoms with Gasteiger partial charge in [-0.1, -0.05) is 13.8 Å². The Bertz CT molecular complexity index is 571. The number of anilines is 1. The Hall–Kier alpha value is -2.38. The van der Waals surface area contributed by atoms with Crippen LogP contribution in [0.15, 0.2) is 4.79 Å². The quantitative estimate of drug-likeness (QED) is 0.537. The minimum Gasteiger partial charge on any atom is -0.475 e. The van der Waals surface area contributed by atoms with Crippen LogP contribution < -0.4 is 11.4 Å². The number of nitrogens with two attached hydrogens (primary N) is 1. The van der Waals surface area contributed by atoms with Crippen molar-refractivity contribution in [2.75, 3.05) is 5.73 Å². The molecule has 0 amide bonds. The Balaban J connectivity index is 0.000000606. The summed E-state index contributed by atoms with van der Waals surface area (Å²) >= 11 is 0. The van der Waals surface area contributed by atoms with E-state index in [2.05, 4.69) is 19.9 Å². The van der Waals surface area contributed by atoms with Crippen molar-refractivity contribution in [2.24, 2.45) is 0 Å². The minimum atomic E-state index is -1.30. The molecule has 8 heteroatoms. The third-order valence-corrected chi connectivity index (χ3v) is 1.60. The summed E-state index contributed by atoms with van der Waals surface area (Å²) in [4.78, 5) is 33.1. The number of aromatic amines is 2. The van der Waals surface area contributed by atoms with Gasteiger partial charge < -0.3 is 15.8 Å². The van der Waals surface area contributed by atoms with Crippen LogP contribution in [0.3, 0.4) is 0 Å². The molecule has 5 N–H and O–H groups in total. The van der Waals surface area contributed by atoms with Crippen LogP contribution in [0.5, 0.6) is 0 Å². The number of hydrogen-bond acceptors (Lipinski definition) is 5. The van der Waals surface area contributed by atoms with Crippen molar-refractivity contribution < 1.29 is 9.90 Å². The molecule has 0 fully saturated rings. The predicted octanol–water partition coefficient (Wildman–Crippen LogP) is -0.0472. The highest BCUT2D eigenvalue weighted by Gasteiger charge is 2.12. The van der Waals surface area contributed by atoms with Crippen LogP contribution in [-0.4, -0.2) is 31.0 Å². The van der Waals surface area contributed by atoms with Crippen LogP contribution in [0.25, 0.3) is 11.2 Å². The summed E-state index contributed by atoms with van der Waals surface area (Å²) in [6, 6.07) is 0. The van der Waals surface area contributed by atoms with Gasteiger partial charge in [0.1, 0.15) is 5.52 Å². The first kappa shape index (κ1) is 11.7. The van der Waals surface area contributed by atoms with Gasteiger partial charge >= 0.3 is 11.7 Å². The number of aromatic carboxylic acids is 1. The van der Waals surface area contributed by atoms with Gasteiger partial charge in [-0.05, 0) is 0 Å². The van der Waals surface area contributed by atoms with Gasteiger partial charge in [-0.3, -0.25) is 4.98 Å². The monoisotopic (exact) mass is 225 g/mol. The summed E-state index contributed by atoms with van der Waals surface area (Å²) in [6.45, 7) is 4.00. The average Bonchev–Trinajstić information content (AvgIpc) is 2.62. The molecule has 2 rings (SSSR count). The summed E-state index contributed by atoms with van der Waals surface area (Å²) in [5.41, 5.74) is 5.18. The molecule has 0 aliphatic heterocycles. The van der Waals surface area contributed by atoms with E-state index in [1.54, 1.807) is 0 Å². The summed E-state index contributed by atoms with van der Waals surface area (Å²) in [5.74, 6) is -1.84. The molecule has 86 valence electrons. The molecule has 0 saturated heterocycles. The number of nitrogens with zero attached hydrogens (tertiary/aromatic N) is 2. The molecule has 0 aliphatic carbocycles. The third-order valence-electron chi connectivity index (χ3n) is 1.60. The van der Waals surface area contributed by atoms with Gasteiger partial charge in [-0.2, -0.15) is 0 Å². The molecule has 2 aromatic rings. The van der Waals surface area contributed by atoms with Crippen molar-refractivity contribution in [1.29, 1.82) is 0 Å². The van der Waals surface area contributed by atoms with E-state index in [0.29, 0.717) is 0 Å². The van der Waals surface area contributed by atoms with Crippen LogP contribution in [0.4, 0.5) is 5.82 Å². The fourth-order valence-corrected chi connectivity index (χ4v) is 1.04. The highest BCUT2D eigenvalue weighted by molar-refractivity contribution is 5.89. The lowest BCUT2D eigenvalue weighted by atomic mass is 10.4. The van der Waals surface area contributed by atoms with E-state index in [1.165, 1.54) is 0 Å². The number of fused-ring (bicyclic) bond motifs is 1. The number of rotatable bonds is 1. The van der Waals surface area contributed by atoms with Gasteiger partial charge in [0.25, 0.3) is 0 Å². The number of carbonyl (C=O) groups is 1. The highest BCUT2D eigenvalue weighted by Crippen LogP contribution is 2.10. The molecule has 2 heterocycles. The lowest BCUT2D eigenvalue weighted by Crippen LogP contribution is -2.06. The van der Waals surface area contributed by atoms with Crippen molar-refractivity contribution in [3.05, 3.63) is 16.3 Å². The number of H-pyrrole nitrogens is 2. The molecule has 0 atom stereocenters. The second-order valence-electron chi connectivity index (χ2n) is 2.54. The van der Waals surface area contributed by atoms with Crippen molar-refractivity contribution in [3.63, 3.8) is 0 Å². The Morgan fingerprint density at radius 3 is 2.50 bits per heavy atom.